The van der Waals surface area contributed by atoms with Crippen LogP contribution in [0.15, 0.2) is 32.3 Å². The van der Waals surface area contributed by atoms with Gasteiger partial charge in [0.1, 0.15) is 18.3 Å². The highest BCUT2D eigenvalue weighted by Crippen LogP contribution is 2.39. The SMILES string of the molecule is CCOc1ccc(C(=O)NC[C@H]2OC[C@@H](n3cc(C)c(=O)[nH]c3=O)[C@@H]3OC(C)(C)O[C@@H]32)o1. The zero-order valence-corrected chi connectivity index (χ0v) is 18.4. The Hall–Kier alpha value is -2.89. The summed E-state index contributed by atoms with van der Waals surface area (Å²) in [5.74, 6) is -0.926. The van der Waals surface area contributed by atoms with Crippen molar-refractivity contribution in [2.24, 2.45) is 0 Å². The lowest BCUT2D eigenvalue weighted by Crippen LogP contribution is -2.54. The van der Waals surface area contributed by atoms with Crippen LogP contribution in [0.1, 0.15) is 42.9 Å². The fourth-order valence-electron chi connectivity index (χ4n) is 4.00. The van der Waals surface area contributed by atoms with Crippen molar-refractivity contribution in [3.63, 3.8) is 0 Å². The van der Waals surface area contributed by atoms with E-state index in [4.69, 9.17) is 23.4 Å². The van der Waals surface area contributed by atoms with Crippen LogP contribution in [0.4, 0.5) is 0 Å². The van der Waals surface area contributed by atoms with Crippen molar-refractivity contribution in [3.8, 4) is 5.95 Å². The Bertz CT molecular complexity index is 1100. The molecule has 0 saturated carbocycles. The number of fused-ring (bicyclic) bond motifs is 1. The molecule has 2 aliphatic rings. The van der Waals surface area contributed by atoms with Gasteiger partial charge < -0.3 is 28.7 Å². The van der Waals surface area contributed by atoms with Crippen molar-refractivity contribution in [2.75, 3.05) is 19.8 Å². The number of hydrogen-bond donors (Lipinski definition) is 2. The van der Waals surface area contributed by atoms with Gasteiger partial charge in [-0.05, 0) is 33.8 Å². The van der Waals surface area contributed by atoms with Crippen molar-refractivity contribution in [2.45, 2.75) is 57.8 Å². The van der Waals surface area contributed by atoms with E-state index in [1.807, 2.05) is 6.92 Å². The topological polar surface area (TPSA) is 134 Å². The van der Waals surface area contributed by atoms with E-state index in [0.717, 1.165) is 0 Å². The third-order valence-corrected chi connectivity index (χ3v) is 5.45. The standard InChI is InChI=1S/C21H27N3O8/c1-5-28-15-7-6-13(30-15)19(26)22-8-14-17-16(31-21(3,4)32-17)12(10-29-14)24-9-11(2)18(25)23-20(24)27/h6-7,9,12,14,16-17H,5,8,10H2,1-4H3,(H,22,26)(H,23,25,27)/t12-,14-,16+,17-/m1/s1. The largest absolute Gasteiger partial charge is 0.465 e. The average Bonchev–Trinajstić information content (AvgIpc) is 3.32. The van der Waals surface area contributed by atoms with E-state index in [1.54, 1.807) is 26.8 Å². The smallest absolute Gasteiger partial charge is 0.328 e. The number of nitrogens with zero attached hydrogens (tertiary/aromatic N) is 1. The van der Waals surface area contributed by atoms with Crippen molar-refractivity contribution in [3.05, 3.63) is 50.5 Å². The van der Waals surface area contributed by atoms with Crippen molar-refractivity contribution in [1.29, 1.82) is 0 Å². The lowest BCUT2D eigenvalue weighted by molar-refractivity contribution is -0.153. The summed E-state index contributed by atoms with van der Waals surface area (Å²) in [6.07, 6.45) is -0.0749. The number of hydrogen-bond acceptors (Lipinski definition) is 8. The van der Waals surface area contributed by atoms with Gasteiger partial charge in [-0.15, -0.1) is 0 Å². The molecular formula is C21H27N3O8. The molecule has 11 heteroatoms. The van der Waals surface area contributed by atoms with E-state index < -0.39 is 47.3 Å². The maximum Gasteiger partial charge on any atom is 0.328 e. The van der Waals surface area contributed by atoms with Crippen LogP contribution in [0.2, 0.25) is 0 Å². The lowest BCUT2D eigenvalue weighted by atomic mass is 9.97. The zero-order valence-electron chi connectivity index (χ0n) is 18.4. The molecule has 0 bridgehead atoms. The molecule has 2 aliphatic heterocycles. The van der Waals surface area contributed by atoms with Crippen LogP contribution in [0.3, 0.4) is 0 Å². The number of ether oxygens (including phenoxy) is 4. The number of furan rings is 1. The quantitative estimate of drug-likeness (QED) is 0.659. The molecule has 0 spiro atoms. The van der Waals surface area contributed by atoms with E-state index >= 15 is 0 Å². The van der Waals surface area contributed by atoms with Gasteiger partial charge in [0.15, 0.2) is 11.5 Å². The van der Waals surface area contributed by atoms with E-state index in [-0.39, 0.29) is 24.9 Å². The lowest BCUT2D eigenvalue weighted by Gasteiger charge is -2.37. The molecule has 2 fully saturated rings. The number of nitrogens with one attached hydrogen (secondary N) is 2. The molecule has 0 aliphatic carbocycles. The molecule has 0 unspecified atom stereocenters. The molecule has 4 rings (SSSR count). The second-order valence-electron chi connectivity index (χ2n) is 8.24. The van der Waals surface area contributed by atoms with Gasteiger partial charge in [0.05, 0.1) is 19.3 Å². The predicted octanol–water partition coefficient (Wildman–Crippen LogP) is 0.727. The number of H-pyrrole nitrogens is 1. The Labute approximate surface area is 183 Å². The Morgan fingerprint density at radius 2 is 2.03 bits per heavy atom. The molecule has 2 aromatic heterocycles. The van der Waals surface area contributed by atoms with E-state index in [0.29, 0.717) is 12.2 Å². The maximum absolute atomic E-state index is 12.5. The molecule has 11 nitrogen and oxygen atoms in total. The van der Waals surface area contributed by atoms with Gasteiger partial charge in [-0.25, -0.2) is 4.79 Å². The Balaban J connectivity index is 1.49. The molecular weight excluding hydrogens is 422 g/mol. The Morgan fingerprint density at radius 1 is 1.28 bits per heavy atom. The summed E-state index contributed by atoms with van der Waals surface area (Å²) in [6, 6.07) is 2.61. The van der Waals surface area contributed by atoms with Gasteiger partial charge in [0.25, 0.3) is 17.4 Å². The van der Waals surface area contributed by atoms with E-state index in [2.05, 4.69) is 10.3 Å². The average molecular weight is 449 g/mol. The monoisotopic (exact) mass is 449 g/mol. The Morgan fingerprint density at radius 3 is 2.78 bits per heavy atom. The van der Waals surface area contributed by atoms with Crippen molar-refractivity contribution in [1.82, 2.24) is 14.9 Å². The molecule has 2 N–H and O–H groups in total. The molecule has 1 amide bonds. The molecule has 4 atom stereocenters. The van der Waals surface area contributed by atoms with Gasteiger partial charge >= 0.3 is 5.69 Å². The van der Waals surface area contributed by atoms with Gasteiger partial charge in [-0.3, -0.25) is 19.1 Å². The molecule has 32 heavy (non-hydrogen) atoms. The van der Waals surface area contributed by atoms with Crippen LogP contribution in [0.25, 0.3) is 0 Å². The third kappa shape index (κ3) is 4.36. The van der Waals surface area contributed by atoms with E-state index in [9.17, 15) is 14.4 Å². The van der Waals surface area contributed by atoms with Gasteiger partial charge in [0, 0.05) is 24.4 Å². The first-order valence-corrected chi connectivity index (χ1v) is 10.5. The number of carbonyl (C=O) groups excluding carboxylic acids is 1. The third-order valence-electron chi connectivity index (χ3n) is 5.45. The number of aromatic amines is 1. The number of aryl methyl sites for hydroxylation is 1. The minimum absolute atomic E-state index is 0.123. The normalized spacial score (nSPS) is 26.5. The second-order valence-corrected chi connectivity index (χ2v) is 8.24. The van der Waals surface area contributed by atoms with Crippen molar-refractivity contribution < 1.29 is 28.2 Å². The molecule has 0 aromatic carbocycles. The summed E-state index contributed by atoms with van der Waals surface area (Å²) in [6.45, 7) is 7.71. The van der Waals surface area contributed by atoms with Gasteiger partial charge in [-0.1, -0.05) is 0 Å². The molecule has 2 saturated heterocycles. The summed E-state index contributed by atoms with van der Waals surface area (Å²) in [5, 5.41) is 2.78. The molecule has 0 radical (unpaired) electrons. The van der Waals surface area contributed by atoms with Gasteiger partial charge in [0.2, 0.25) is 0 Å². The minimum atomic E-state index is -0.905. The fourth-order valence-corrected chi connectivity index (χ4v) is 4.00. The summed E-state index contributed by atoms with van der Waals surface area (Å²) >= 11 is 0. The number of amides is 1. The number of rotatable bonds is 6. The fraction of sp³-hybridized carbons (Fsp3) is 0.571. The molecule has 4 heterocycles. The predicted molar refractivity (Wildman–Crippen MR) is 111 cm³/mol. The highest BCUT2D eigenvalue weighted by Gasteiger charge is 2.52. The van der Waals surface area contributed by atoms with Crippen molar-refractivity contribution >= 4 is 5.91 Å². The van der Waals surface area contributed by atoms with Gasteiger partial charge in [-0.2, -0.15) is 0 Å². The maximum atomic E-state index is 12.5. The molecule has 2 aromatic rings. The van der Waals surface area contributed by atoms with Crippen LogP contribution in [0, 0.1) is 6.92 Å². The van der Waals surface area contributed by atoms with Crippen LogP contribution in [0.5, 0.6) is 5.95 Å². The van der Waals surface area contributed by atoms with Crippen LogP contribution in [-0.2, 0) is 14.2 Å². The summed E-state index contributed by atoms with van der Waals surface area (Å²) in [7, 11) is 0. The number of carbonyl (C=O) groups is 1. The van der Waals surface area contributed by atoms with E-state index in [1.165, 1.54) is 16.8 Å². The number of aromatic nitrogens is 2. The van der Waals surface area contributed by atoms with Crippen LogP contribution >= 0.6 is 0 Å². The second kappa shape index (κ2) is 8.57. The minimum Gasteiger partial charge on any atom is -0.465 e. The summed E-state index contributed by atoms with van der Waals surface area (Å²) in [4.78, 5) is 38.9. The Kier molecular flexibility index (Phi) is 5.97. The van der Waals surface area contributed by atoms with Crippen LogP contribution in [-0.4, -0.2) is 59.3 Å². The van der Waals surface area contributed by atoms with Crippen LogP contribution < -0.4 is 21.3 Å². The molecule has 174 valence electrons. The first-order chi connectivity index (χ1) is 15.2. The first-order valence-electron chi connectivity index (χ1n) is 10.5. The highest BCUT2D eigenvalue weighted by molar-refractivity contribution is 5.91. The zero-order chi connectivity index (χ0) is 23.0. The summed E-state index contributed by atoms with van der Waals surface area (Å²) in [5.41, 5.74) is -0.580. The first kappa shape index (κ1) is 22.3. The summed E-state index contributed by atoms with van der Waals surface area (Å²) < 4.78 is 30.1. The highest BCUT2D eigenvalue weighted by atomic mass is 16.8.